The Hall–Kier alpha value is -2.51. The van der Waals surface area contributed by atoms with E-state index in [4.69, 9.17) is 4.98 Å². The molecule has 1 N–H and O–H groups in total. The lowest BCUT2D eigenvalue weighted by Crippen LogP contribution is -2.40. The highest BCUT2D eigenvalue weighted by Crippen LogP contribution is 2.34. The van der Waals surface area contributed by atoms with Gasteiger partial charge in [0, 0.05) is 24.7 Å². The summed E-state index contributed by atoms with van der Waals surface area (Å²) in [6.45, 7) is 4.61. The predicted octanol–water partition coefficient (Wildman–Crippen LogP) is 4.12. The molecule has 2 aromatic heterocycles. The van der Waals surface area contributed by atoms with Crippen LogP contribution in [0, 0.1) is 0 Å². The maximum Gasteiger partial charge on any atom is 0.354 e. The Kier molecular flexibility index (Phi) is 4.93. The van der Waals surface area contributed by atoms with Gasteiger partial charge in [0.05, 0.1) is 15.9 Å². The van der Waals surface area contributed by atoms with Crippen LogP contribution in [0.25, 0.3) is 21.5 Å². The first-order valence-corrected chi connectivity index (χ1v) is 11.1. The lowest BCUT2D eigenvalue weighted by atomic mass is 10.1. The topological polar surface area (TPSA) is 69.6 Å². The fraction of sp³-hybridized carbons (Fsp3) is 0.409. The van der Waals surface area contributed by atoms with Crippen molar-refractivity contribution in [3.8, 4) is 11.3 Å². The second-order valence-corrected chi connectivity index (χ2v) is 8.89. The fourth-order valence-electron chi connectivity index (χ4n) is 4.42. The summed E-state index contributed by atoms with van der Waals surface area (Å²) >= 11 is 1.71. The number of hydrogen-bond donors (Lipinski definition) is 1. The van der Waals surface area contributed by atoms with E-state index in [1.54, 1.807) is 17.4 Å². The van der Waals surface area contributed by atoms with E-state index in [0.717, 1.165) is 34.0 Å². The van der Waals surface area contributed by atoms with Gasteiger partial charge >= 0.3 is 5.97 Å². The lowest BCUT2D eigenvalue weighted by Gasteiger charge is -2.32. The van der Waals surface area contributed by atoms with E-state index in [0.29, 0.717) is 11.7 Å². The Balaban J connectivity index is 1.37. The quantitative estimate of drug-likeness (QED) is 0.700. The van der Waals surface area contributed by atoms with Crippen LogP contribution in [0.3, 0.4) is 0 Å². The van der Waals surface area contributed by atoms with Crippen molar-refractivity contribution in [3.05, 3.63) is 42.1 Å². The molecule has 0 amide bonds. The van der Waals surface area contributed by atoms with Crippen LogP contribution < -0.4 is 4.90 Å². The van der Waals surface area contributed by atoms with Gasteiger partial charge in [0.15, 0.2) is 5.13 Å². The number of carboxylic acids is 1. The number of aromatic carboxylic acids is 1. The molecule has 4 heterocycles. The molecule has 29 heavy (non-hydrogen) atoms. The van der Waals surface area contributed by atoms with Crippen molar-refractivity contribution in [3.63, 3.8) is 0 Å². The molecule has 2 fully saturated rings. The van der Waals surface area contributed by atoms with E-state index in [-0.39, 0.29) is 5.69 Å². The number of thiazole rings is 1. The van der Waals surface area contributed by atoms with Crippen LogP contribution in [0.15, 0.2) is 36.4 Å². The monoisotopic (exact) mass is 408 g/mol. The van der Waals surface area contributed by atoms with Crippen LogP contribution in [0.4, 0.5) is 5.13 Å². The second-order valence-electron chi connectivity index (χ2n) is 7.88. The molecule has 0 spiro atoms. The summed E-state index contributed by atoms with van der Waals surface area (Å²) in [5, 5.41) is 10.3. The molecule has 7 heteroatoms. The number of carboxylic acid groups (broad SMARTS) is 1. The molecular formula is C22H24N4O2S. The lowest BCUT2D eigenvalue weighted by molar-refractivity contribution is 0.0690. The number of aromatic nitrogens is 2. The van der Waals surface area contributed by atoms with Crippen LogP contribution in [0.2, 0.25) is 0 Å². The second kappa shape index (κ2) is 7.72. The highest BCUT2D eigenvalue weighted by atomic mass is 32.1. The Labute approximate surface area is 173 Å². The van der Waals surface area contributed by atoms with Gasteiger partial charge in [0.1, 0.15) is 5.69 Å². The normalized spacial score (nSPS) is 20.4. The number of nitrogens with zero attached hydrogens (tertiary/aromatic N) is 4. The summed E-state index contributed by atoms with van der Waals surface area (Å²) in [4.78, 5) is 25.4. The number of likely N-dealkylation sites (tertiary alicyclic amines) is 1. The first-order valence-electron chi connectivity index (χ1n) is 10.3. The number of anilines is 1. The predicted molar refractivity (Wildman–Crippen MR) is 116 cm³/mol. The number of benzene rings is 1. The largest absolute Gasteiger partial charge is 0.477 e. The smallest absolute Gasteiger partial charge is 0.354 e. The Morgan fingerprint density at radius 2 is 1.93 bits per heavy atom. The van der Waals surface area contributed by atoms with Crippen LogP contribution in [-0.4, -0.2) is 58.2 Å². The standard InChI is InChI=1S/C22H24N4O2S/c27-21(28)19-6-4-5-17(23-19)15-7-8-18-20(13-15)29-22(24-18)26-12-9-16(14-26)25-10-2-1-3-11-25/h4-8,13,16H,1-3,9-12,14H2,(H,27,28)/t16-/m1/s1. The molecule has 0 unspecified atom stereocenters. The third kappa shape index (κ3) is 3.72. The van der Waals surface area contributed by atoms with Crippen molar-refractivity contribution < 1.29 is 9.90 Å². The van der Waals surface area contributed by atoms with Crippen molar-refractivity contribution in [1.82, 2.24) is 14.9 Å². The molecule has 1 atom stereocenters. The van der Waals surface area contributed by atoms with Crippen LogP contribution in [0.5, 0.6) is 0 Å². The van der Waals surface area contributed by atoms with Crippen molar-refractivity contribution in [2.75, 3.05) is 31.1 Å². The number of pyridine rings is 1. The zero-order chi connectivity index (χ0) is 19.8. The highest BCUT2D eigenvalue weighted by molar-refractivity contribution is 7.22. The number of piperidine rings is 1. The first-order chi connectivity index (χ1) is 14.2. The van der Waals surface area contributed by atoms with Gasteiger partial charge in [-0.2, -0.15) is 0 Å². The molecule has 0 aliphatic carbocycles. The molecule has 150 valence electrons. The SMILES string of the molecule is O=C(O)c1cccc(-c2ccc3nc(N4CC[C@@H](N5CCCCC5)C4)sc3c2)n1. The van der Waals surface area contributed by atoms with Gasteiger partial charge < -0.3 is 10.0 Å². The minimum atomic E-state index is -1.01. The Morgan fingerprint density at radius 1 is 1.07 bits per heavy atom. The third-order valence-electron chi connectivity index (χ3n) is 5.98. The Morgan fingerprint density at radius 3 is 2.76 bits per heavy atom. The zero-order valence-corrected chi connectivity index (χ0v) is 17.1. The summed E-state index contributed by atoms with van der Waals surface area (Å²) in [5.41, 5.74) is 2.65. The van der Waals surface area contributed by atoms with Crippen molar-refractivity contribution >= 4 is 32.7 Å². The van der Waals surface area contributed by atoms with Crippen molar-refractivity contribution in [2.24, 2.45) is 0 Å². The summed E-state index contributed by atoms with van der Waals surface area (Å²) in [6.07, 6.45) is 5.25. The summed E-state index contributed by atoms with van der Waals surface area (Å²) < 4.78 is 1.11. The summed E-state index contributed by atoms with van der Waals surface area (Å²) in [6, 6.07) is 11.8. The first kappa shape index (κ1) is 18.5. The van der Waals surface area contributed by atoms with E-state index in [2.05, 4.69) is 20.9 Å². The average molecular weight is 409 g/mol. The summed E-state index contributed by atoms with van der Waals surface area (Å²) in [5.74, 6) is -1.01. The van der Waals surface area contributed by atoms with Gasteiger partial charge in [0.2, 0.25) is 0 Å². The van der Waals surface area contributed by atoms with E-state index in [1.807, 2.05) is 18.2 Å². The maximum atomic E-state index is 11.2. The molecule has 1 aromatic carbocycles. The number of fused-ring (bicyclic) bond motifs is 1. The van der Waals surface area contributed by atoms with Crippen LogP contribution >= 0.6 is 11.3 Å². The number of rotatable bonds is 4. The molecular weight excluding hydrogens is 384 g/mol. The molecule has 2 aliphatic rings. The fourth-order valence-corrected chi connectivity index (χ4v) is 5.46. The minimum absolute atomic E-state index is 0.0633. The molecule has 6 nitrogen and oxygen atoms in total. The van der Waals surface area contributed by atoms with E-state index >= 15 is 0 Å². The molecule has 0 bridgehead atoms. The maximum absolute atomic E-state index is 11.2. The molecule has 2 aliphatic heterocycles. The van der Waals surface area contributed by atoms with Gasteiger partial charge in [0.25, 0.3) is 0 Å². The van der Waals surface area contributed by atoms with Gasteiger partial charge in [-0.3, -0.25) is 4.90 Å². The van der Waals surface area contributed by atoms with Gasteiger partial charge in [-0.15, -0.1) is 0 Å². The average Bonchev–Trinajstić information content (AvgIpc) is 3.41. The molecule has 5 rings (SSSR count). The van der Waals surface area contributed by atoms with Crippen molar-refractivity contribution in [2.45, 2.75) is 31.7 Å². The van der Waals surface area contributed by atoms with E-state index in [1.165, 1.54) is 44.8 Å². The number of hydrogen-bond acceptors (Lipinski definition) is 6. The van der Waals surface area contributed by atoms with Gasteiger partial charge in [-0.1, -0.05) is 29.9 Å². The van der Waals surface area contributed by atoms with Crippen LogP contribution in [-0.2, 0) is 0 Å². The van der Waals surface area contributed by atoms with Crippen molar-refractivity contribution in [1.29, 1.82) is 0 Å². The molecule has 0 saturated carbocycles. The molecule has 2 saturated heterocycles. The van der Waals surface area contributed by atoms with Crippen LogP contribution in [0.1, 0.15) is 36.2 Å². The summed E-state index contributed by atoms with van der Waals surface area (Å²) in [7, 11) is 0. The number of carbonyl (C=O) groups is 1. The Bertz CT molecular complexity index is 1040. The van der Waals surface area contributed by atoms with Gasteiger partial charge in [-0.05, 0) is 56.6 Å². The minimum Gasteiger partial charge on any atom is -0.477 e. The zero-order valence-electron chi connectivity index (χ0n) is 16.3. The third-order valence-corrected chi connectivity index (χ3v) is 7.06. The highest BCUT2D eigenvalue weighted by Gasteiger charge is 2.30. The molecule has 3 aromatic rings. The molecule has 0 radical (unpaired) electrons. The van der Waals surface area contributed by atoms with E-state index in [9.17, 15) is 9.90 Å². The van der Waals surface area contributed by atoms with Gasteiger partial charge in [-0.25, -0.2) is 14.8 Å². The van der Waals surface area contributed by atoms with E-state index < -0.39 is 5.97 Å².